The zero-order valence-corrected chi connectivity index (χ0v) is 10.4. The van der Waals surface area contributed by atoms with Crippen LogP contribution in [0.1, 0.15) is 20.9 Å². The number of carbonyl (C=O) groups is 1. The second-order valence-electron chi connectivity index (χ2n) is 3.81. The Balaban J connectivity index is 2.73. The lowest BCUT2D eigenvalue weighted by Gasteiger charge is -2.04. The lowest BCUT2D eigenvalue weighted by Crippen LogP contribution is -2.23. The molecule has 88 valence electrons. The topological polar surface area (TPSA) is 76.0 Å². The van der Waals surface area contributed by atoms with Crippen LogP contribution in [0.2, 0.25) is 0 Å². The summed E-state index contributed by atoms with van der Waals surface area (Å²) in [6.07, 6.45) is 1.37. The van der Waals surface area contributed by atoms with Crippen LogP contribution in [0.3, 0.4) is 0 Å². The summed E-state index contributed by atoms with van der Waals surface area (Å²) in [6.45, 7) is 3.77. The summed E-state index contributed by atoms with van der Waals surface area (Å²) in [5, 5.41) is 0. The van der Waals surface area contributed by atoms with Crippen molar-refractivity contribution in [3.63, 3.8) is 0 Å². The van der Waals surface area contributed by atoms with Crippen molar-refractivity contribution in [3.8, 4) is 10.4 Å². The molecule has 0 aromatic carbocycles. The molecule has 0 fully saturated rings. The third-order valence-electron chi connectivity index (χ3n) is 2.53. The molecule has 2 heterocycles. The standard InChI is InChI=1S/C12H12N2O2S/c1-6-3-4-9(17-6)10-7(2)14-5-8(11(10)15)12(13)16/h3-5H,1-2H3,(H2,13,16)(H,14,15). The van der Waals surface area contributed by atoms with Crippen LogP contribution in [-0.2, 0) is 0 Å². The molecule has 3 N–H and O–H groups in total. The summed E-state index contributed by atoms with van der Waals surface area (Å²) in [4.78, 5) is 28.1. The largest absolute Gasteiger partial charge is 0.365 e. The van der Waals surface area contributed by atoms with E-state index in [0.717, 1.165) is 15.4 Å². The summed E-state index contributed by atoms with van der Waals surface area (Å²) >= 11 is 1.52. The van der Waals surface area contributed by atoms with Crippen LogP contribution in [0.25, 0.3) is 10.4 Å². The number of thiophene rings is 1. The minimum atomic E-state index is -0.708. The van der Waals surface area contributed by atoms with Crippen LogP contribution in [0.5, 0.6) is 0 Å². The molecule has 0 saturated carbocycles. The lowest BCUT2D eigenvalue weighted by atomic mass is 10.1. The molecule has 0 saturated heterocycles. The molecular weight excluding hydrogens is 236 g/mol. The Morgan fingerprint density at radius 1 is 1.35 bits per heavy atom. The van der Waals surface area contributed by atoms with E-state index in [0.29, 0.717) is 5.56 Å². The molecule has 1 amide bonds. The molecule has 0 radical (unpaired) electrons. The van der Waals surface area contributed by atoms with E-state index < -0.39 is 5.91 Å². The molecule has 2 aromatic rings. The number of nitrogens with one attached hydrogen (secondary N) is 1. The van der Waals surface area contributed by atoms with Crippen LogP contribution >= 0.6 is 11.3 Å². The first-order valence-electron chi connectivity index (χ1n) is 5.09. The summed E-state index contributed by atoms with van der Waals surface area (Å²) in [6, 6.07) is 3.82. The molecule has 0 bridgehead atoms. The fraction of sp³-hybridized carbons (Fsp3) is 0.167. The van der Waals surface area contributed by atoms with Crippen molar-refractivity contribution in [3.05, 3.63) is 44.7 Å². The number of aromatic amines is 1. The van der Waals surface area contributed by atoms with Gasteiger partial charge in [0.05, 0.1) is 5.56 Å². The summed E-state index contributed by atoms with van der Waals surface area (Å²) in [5.41, 5.74) is 6.11. The van der Waals surface area contributed by atoms with Gasteiger partial charge >= 0.3 is 0 Å². The average Bonchev–Trinajstić information content (AvgIpc) is 2.64. The van der Waals surface area contributed by atoms with Gasteiger partial charge in [0.25, 0.3) is 5.91 Å². The van der Waals surface area contributed by atoms with Crippen LogP contribution in [0.15, 0.2) is 23.1 Å². The Morgan fingerprint density at radius 2 is 2.06 bits per heavy atom. The number of amides is 1. The van der Waals surface area contributed by atoms with Gasteiger partial charge < -0.3 is 10.7 Å². The summed E-state index contributed by atoms with van der Waals surface area (Å²) < 4.78 is 0. The minimum absolute atomic E-state index is 0.00310. The van der Waals surface area contributed by atoms with Crippen molar-refractivity contribution in [1.82, 2.24) is 4.98 Å². The van der Waals surface area contributed by atoms with Gasteiger partial charge in [-0.15, -0.1) is 11.3 Å². The van der Waals surface area contributed by atoms with E-state index in [4.69, 9.17) is 5.73 Å². The van der Waals surface area contributed by atoms with Gasteiger partial charge in [-0.2, -0.15) is 0 Å². The smallest absolute Gasteiger partial charge is 0.254 e. The molecule has 5 heteroatoms. The van der Waals surface area contributed by atoms with Crippen molar-refractivity contribution >= 4 is 17.2 Å². The average molecular weight is 248 g/mol. The summed E-state index contributed by atoms with van der Waals surface area (Å²) in [7, 11) is 0. The van der Waals surface area contributed by atoms with Gasteiger partial charge in [0, 0.05) is 21.6 Å². The fourth-order valence-electron chi connectivity index (χ4n) is 1.67. The number of rotatable bonds is 2. The van der Waals surface area contributed by atoms with E-state index in [-0.39, 0.29) is 11.0 Å². The maximum atomic E-state index is 12.1. The first-order chi connectivity index (χ1) is 8.00. The Hall–Kier alpha value is -1.88. The SMILES string of the molecule is Cc1ccc(-c2c(C)[nH]cc(C(N)=O)c2=O)s1. The van der Waals surface area contributed by atoms with Crippen LogP contribution in [0, 0.1) is 13.8 Å². The number of hydrogen-bond donors (Lipinski definition) is 2. The third kappa shape index (κ3) is 2.01. The predicted molar refractivity (Wildman–Crippen MR) is 68.4 cm³/mol. The lowest BCUT2D eigenvalue weighted by molar-refractivity contribution is 0.0999. The van der Waals surface area contributed by atoms with E-state index in [1.165, 1.54) is 17.5 Å². The van der Waals surface area contributed by atoms with Crippen LogP contribution in [-0.4, -0.2) is 10.9 Å². The van der Waals surface area contributed by atoms with Crippen molar-refractivity contribution in [1.29, 1.82) is 0 Å². The van der Waals surface area contributed by atoms with Gasteiger partial charge in [0.1, 0.15) is 5.56 Å². The number of aryl methyl sites for hydroxylation is 2. The Bertz CT molecular complexity index is 640. The first-order valence-corrected chi connectivity index (χ1v) is 5.91. The van der Waals surface area contributed by atoms with Crippen LogP contribution in [0.4, 0.5) is 0 Å². The quantitative estimate of drug-likeness (QED) is 0.850. The second-order valence-corrected chi connectivity index (χ2v) is 5.09. The highest BCUT2D eigenvalue weighted by Crippen LogP contribution is 2.26. The van der Waals surface area contributed by atoms with Crippen molar-refractivity contribution < 1.29 is 4.79 Å². The summed E-state index contributed by atoms with van der Waals surface area (Å²) in [5.74, 6) is -0.708. The van der Waals surface area contributed by atoms with Crippen molar-refractivity contribution in [2.24, 2.45) is 5.73 Å². The highest BCUT2D eigenvalue weighted by atomic mass is 32.1. The van der Waals surface area contributed by atoms with E-state index in [9.17, 15) is 9.59 Å². The molecular formula is C12H12N2O2S. The molecule has 2 aromatic heterocycles. The maximum absolute atomic E-state index is 12.1. The molecule has 0 aliphatic carbocycles. The number of primary amides is 1. The zero-order chi connectivity index (χ0) is 12.6. The third-order valence-corrected chi connectivity index (χ3v) is 3.55. The number of nitrogens with two attached hydrogens (primary N) is 1. The van der Waals surface area contributed by atoms with E-state index in [2.05, 4.69) is 4.98 Å². The second kappa shape index (κ2) is 4.18. The zero-order valence-electron chi connectivity index (χ0n) is 9.53. The molecule has 0 atom stereocenters. The molecule has 17 heavy (non-hydrogen) atoms. The molecule has 0 spiro atoms. The monoisotopic (exact) mass is 248 g/mol. The van der Waals surface area contributed by atoms with Gasteiger partial charge in [0.15, 0.2) is 0 Å². The van der Waals surface area contributed by atoms with E-state index in [1.54, 1.807) is 6.92 Å². The van der Waals surface area contributed by atoms with E-state index in [1.807, 2.05) is 19.1 Å². The van der Waals surface area contributed by atoms with E-state index >= 15 is 0 Å². The van der Waals surface area contributed by atoms with Crippen molar-refractivity contribution in [2.45, 2.75) is 13.8 Å². The van der Waals surface area contributed by atoms with Gasteiger partial charge in [-0.1, -0.05) is 0 Å². The fourth-order valence-corrected chi connectivity index (χ4v) is 2.64. The molecule has 0 unspecified atom stereocenters. The maximum Gasteiger partial charge on any atom is 0.254 e. The number of pyridine rings is 1. The number of H-pyrrole nitrogens is 1. The van der Waals surface area contributed by atoms with Gasteiger partial charge in [-0.25, -0.2) is 0 Å². The molecule has 0 aliphatic rings. The Kier molecular flexibility index (Phi) is 2.85. The molecule has 4 nitrogen and oxygen atoms in total. The van der Waals surface area contributed by atoms with Gasteiger partial charge in [0.2, 0.25) is 5.43 Å². The predicted octanol–water partition coefficient (Wildman–Crippen LogP) is 1.82. The van der Waals surface area contributed by atoms with Gasteiger partial charge in [-0.05, 0) is 26.0 Å². The number of aromatic nitrogens is 1. The Morgan fingerprint density at radius 3 is 2.59 bits per heavy atom. The highest BCUT2D eigenvalue weighted by molar-refractivity contribution is 7.15. The number of carbonyl (C=O) groups excluding carboxylic acids is 1. The normalized spacial score (nSPS) is 10.5. The highest BCUT2D eigenvalue weighted by Gasteiger charge is 2.15. The Labute approximate surface area is 102 Å². The van der Waals surface area contributed by atoms with Gasteiger partial charge in [-0.3, -0.25) is 9.59 Å². The molecule has 2 rings (SSSR count). The minimum Gasteiger partial charge on any atom is -0.365 e. The molecule has 0 aliphatic heterocycles. The van der Waals surface area contributed by atoms with Crippen molar-refractivity contribution in [2.75, 3.05) is 0 Å². The number of hydrogen-bond acceptors (Lipinski definition) is 3. The first kappa shape index (κ1) is 11.6. The van der Waals surface area contributed by atoms with Crippen LogP contribution < -0.4 is 11.2 Å².